The van der Waals surface area contributed by atoms with Crippen molar-refractivity contribution in [3.8, 4) is 0 Å². The SMILES string of the molecule is C/C1=C\C(C)C/C=C/C2[C@@H]3O[C@]3(C)C(C)[C@H]3[C@H](Cc4c[nH]c5ccccc45)NC(=O)[C@@]23C(=O)/C=C/C(=O)[C@@H]1O. The highest BCUT2D eigenvalue weighted by Gasteiger charge is 2.78. The first-order chi connectivity index (χ1) is 18.6. The van der Waals surface area contributed by atoms with Gasteiger partial charge >= 0.3 is 0 Å². The molecule has 1 aromatic heterocycles. The van der Waals surface area contributed by atoms with Gasteiger partial charge in [0.25, 0.3) is 0 Å². The summed E-state index contributed by atoms with van der Waals surface area (Å²) >= 11 is 0. The first-order valence-electron chi connectivity index (χ1n) is 13.9. The lowest BCUT2D eigenvalue weighted by molar-refractivity contribution is -0.145. The maximum atomic E-state index is 14.2. The van der Waals surface area contributed by atoms with E-state index in [0.29, 0.717) is 18.4 Å². The van der Waals surface area contributed by atoms with Gasteiger partial charge in [0.2, 0.25) is 5.91 Å². The fourth-order valence-corrected chi connectivity index (χ4v) is 7.66. The molecule has 4 aliphatic rings. The molecule has 3 N–H and O–H groups in total. The summed E-state index contributed by atoms with van der Waals surface area (Å²) in [6.07, 6.45) is 9.89. The molecule has 0 bridgehead atoms. The number of hydrogen-bond donors (Lipinski definition) is 3. The van der Waals surface area contributed by atoms with E-state index >= 15 is 0 Å². The van der Waals surface area contributed by atoms with Crippen molar-refractivity contribution in [3.63, 3.8) is 0 Å². The fourth-order valence-electron chi connectivity index (χ4n) is 7.66. The second-order valence-corrected chi connectivity index (χ2v) is 12.1. The molecule has 3 heterocycles. The van der Waals surface area contributed by atoms with Crippen LogP contribution in [0.15, 0.2) is 66.4 Å². The van der Waals surface area contributed by atoms with Crippen molar-refractivity contribution < 1.29 is 24.2 Å². The second kappa shape index (κ2) is 9.14. The highest BCUT2D eigenvalue weighted by atomic mass is 16.6. The summed E-state index contributed by atoms with van der Waals surface area (Å²) in [6.45, 7) is 7.90. The Balaban J connectivity index is 1.46. The van der Waals surface area contributed by atoms with Gasteiger partial charge in [-0.2, -0.15) is 0 Å². The number of hydrogen-bond acceptors (Lipinski definition) is 5. The number of benzene rings is 1. The van der Waals surface area contributed by atoms with Crippen LogP contribution >= 0.6 is 0 Å². The Morgan fingerprint density at radius 1 is 1.13 bits per heavy atom. The van der Waals surface area contributed by atoms with Crippen LogP contribution in [0.5, 0.6) is 0 Å². The first kappa shape index (κ1) is 26.0. The molecule has 0 radical (unpaired) electrons. The molecule has 39 heavy (non-hydrogen) atoms. The largest absolute Gasteiger partial charge is 0.381 e. The smallest absolute Gasteiger partial charge is 0.235 e. The number of H-pyrrole nitrogens is 1. The second-order valence-electron chi connectivity index (χ2n) is 12.1. The summed E-state index contributed by atoms with van der Waals surface area (Å²) in [7, 11) is 0. The van der Waals surface area contributed by atoms with Gasteiger partial charge in [-0.15, -0.1) is 0 Å². The molecule has 7 nitrogen and oxygen atoms in total. The Kier molecular flexibility index (Phi) is 6.08. The van der Waals surface area contributed by atoms with Crippen molar-refractivity contribution in [1.82, 2.24) is 10.3 Å². The lowest BCUT2D eigenvalue weighted by Crippen LogP contribution is -2.58. The number of aliphatic hydroxyl groups excluding tert-OH is 1. The number of carbonyl (C=O) groups excluding carboxylic acids is 3. The standard InChI is InChI=1S/C32H36N2O5/c1-17-8-7-10-22-29-31(4,39-29)19(3)27-24(15-20-16-33-23-11-6-5-9-21(20)23)34-30(38)32(22,27)26(36)13-12-25(35)28(37)18(2)14-17/h5-7,9-14,16-17,19,22,24,27-29,33,37H,8,15H2,1-4H3,(H,34,38)/b10-7+,13-12+,18-14+/t17?,19?,22?,24-,27-,28+,29-,31+,32+/m0/s1. The number of amides is 1. The summed E-state index contributed by atoms with van der Waals surface area (Å²) in [5.41, 5.74) is 0.805. The van der Waals surface area contributed by atoms with Crippen molar-refractivity contribution in [1.29, 1.82) is 0 Å². The number of ether oxygens (including phenoxy) is 1. The predicted octanol–water partition coefficient (Wildman–Crippen LogP) is 3.83. The molecule has 3 unspecified atom stereocenters. The molecule has 1 amide bonds. The number of aromatic amines is 1. The molecule has 204 valence electrons. The van der Waals surface area contributed by atoms with Crippen LogP contribution in [0, 0.1) is 29.1 Å². The molecular weight excluding hydrogens is 492 g/mol. The van der Waals surface area contributed by atoms with Gasteiger partial charge in [-0.1, -0.05) is 50.3 Å². The zero-order valence-corrected chi connectivity index (χ0v) is 22.8. The van der Waals surface area contributed by atoms with Crippen LogP contribution in [-0.2, 0) is 25.5 Å². The van der Waals surface area contributed by atoms with Crippen LogP contribution in [0.1, 0.15) is 39.7 Å². The summed E-state index contributed by atoms with van der Waals surface area (Å²) < 4.78 is 6.33. The molecule has 2 aliphatic heterocycles. The Hall–Kier alpha value is -3.29. The highest BCUT2D eigenvalue weighted by Crippen LogP contribution is 2.66. The number of ketones is 2. The van der Waals surface area contributed by atoms with E-state index < -0.39 is 34.6 Å². The van der Waals surface area contributed by atoms with Crippen molar-refractivity contribution in [3.05, 3.63) is 72.0 Å². The molecule has 1 spiro atoms. The zero-order chi connectivity index (χ0) is 27.7. The predicted molar refractivity (Wildman–Crippen MR) is 148 cm³/mol. The molecule has 2 aromatic rings. The molecule has 9 atom stereocenters. The topological polar surface area (TPSA) is 112 Å². The minimum atomic E-state index is -1.41. The fraction of sp³-hybridized carbons (Fsp3) is 0.469. The van der Waals surface area contributed by atoms with Gasteiger partial charge in [0, 0.05) is 35.0 Å². The lowest BCUT2D eigenvalue weighted by Gasteiger charge is -2.45. The van der Waals surface area contributed by atoms with Gasteiger partial charge < -0.3 is 20.1 Å². The highest BCUT2D eigenvalue weighted by molar-refractivity contribution is 6.15. The average molecular weight is 529 g/mol. The summed E-state index contributed by atoms with van der Waals surface area (Å²) in [4.78, 5) is 44.5. The maximum Gasteiger partial charge on any atom is 0.235 e. The Morgan fingerprint density at radius 3 is 2.69 bits per heavy atom. The number of carbonyl (C=O) groups is 3. The van der Waals surface area contributed by atoms with Crippen molar-refractivity contribution >= 4 is 28.4 Å². The number of rotatable bonds is 2. The number of para-hydroxylation sites is 1. The van der Waals surface area contributed by atoms with E-state index in [1.165, 1.54) is 6.08 Å². The van der Waals surface area contributed by atoms with Gasteiger partial charge in [0.15, 0.2) is 11.6 Å². The molecule has 7 heteroatoms. The average Bonchev–Trinajstić information content (AvgIpc) is 3.31. The lowest BCUT2D eigenvalue weighted by atomic mass is 9.51. The third-order valence-electron chi connectivity index (χ3n) is 9.86. The summed E-state index contributed by atoms with van der Waals surface area (Å²) in [5.74, 6) is -2.11. The van der Waals surface area contributed by atoms with Crippen molar-refractivity contribution in [2.45, 2.75) is 64.4 Å². The minimum Gasteiger partial charge on any atom is -0.381 e. The van der Waals surface area contributed by atoms with Gasteiger partial charge in [0.1, 0.15) is 11.5 Å². The molecule has 1 aromatic carbocycles. The van der Waals surface area contributed by atoms with Crippen LogP contribution in [0.2, 0.25) is 0 Å². The molecular formula is C32H36N2O5. The zero-order valence-electron chi connectivity index (χ0n) is 22.8. The molecule has 2 aliphatic carbocycles. The van der Waals surface area contributed by atoms with Gasteiger partial charge in [-0.3, -0.25) is 14.4 Å². The van der Waals surface area contributed by atoms with Crippen molar-refractivity contribution in [2.75, 3.05) is 0 Å². The van der Waals surface area contributed by atoms with E-state index in [0.717, 1.165) is 22.5 Å². The van der Waals surface area contributed by atoms with E-state index in [1.807, 2.05) is 49.5 Å². The molecule has 1 saturated carbocycles. The third-order valence-corrected chi connectivity index (χ3v) is 9.86. The Bertz CT molecular complexity index is 1450. The Labute approximate surface area is 228 Å². The monoisotopic (exact) mass is 528 g/mol. The molecule has 3 fully saturated rings. The van der Waals surface area contributed by atoms with Crippen LogP contribution in [0.3, 0.4) is 0 Å². The first-order valence-corrected chi connectivity index (χ1v) is 13.9. The number of aliphatic hydroxyl groups is 1. The third kappa shape index (κ3) is 3.81. The summed E-state index contributed by atoms with van der Waals surface area (Å²) in [5, 5.41) is 14.9. The van der Waals surface area contributed by atoms with Gasteiger partial charge in [-0.25, -0.2) is 0 Å². The van der Waals surface area contributed by atoms with E-state index in [1.54, 1.807) is 6.92 Å². The van der Waals surface area contributed by atoms with Crippen LogP contribution in [-0.4, -0.2) is 51.4 Å². The van der Waals surface area contributed by atoms with Crippen LogP contribution in [0.4, 0.5) is 0 Å². The van der Waals surface area contributed by atoms with Crippen molar-refractivity contribution in [2.24, 2.45) is 29.1 Å². The van der Waals surface area contributed by atoms with Gasteiger partial charge in [0.05, 0.1) is 11.7 Å². The number of fused-ring (bicyclic) bond motifs is 3. The molecule has 2 saturated heterocycles. The molecule has 6 rings (SSSR count). The van der Waals surface area contributed by atoms with Gasteiger partial charge in [-0.05, 0) is 67.9 Å². The quantitative estimate of drug-likeness (QED) is 0.312. The normalized spacial score (nSPS) is 43.1. The van der Waals surface area contributed by atoms with E-state index in [2.05, 4.69) is 30.2 Å². The van der Waals surface area contributed by atoms with Crippen LogP contribution in [0.25, 0.3) is 10.9 Å². The van der Waals surface area contributed by atoms with E-state index in [-0.39, 0.29) is 35.8 Å². The van der Waals surface area contributed by atoms with Crippen LogP contribution < -0.4 is 5.32 Å². The maximum absolute atomic E-state index is 14.2. The van der Waals surface area contributed by atoms with E-state index in [4.69, 9.17) is 4.74 Å². The number of allylic oxidation sites excluding steroid dienone is 3. The number of nitrogens with one attached hydrogen (secondary N) is 2. The number of epoxide rings is 1. The number of aromatic nitrogens is 1. The van der Waals surface area contributed by atoms with E-state index in [9.17, 15) is 19.5 Å². The summed E-state index contributed by atoms with van der Waals surface area (Å²) in [6, 6.07) is 7.77. The minimum absolute atomic E-state index is 0.0666. The Morgan fingerprint density at radius 2 is 1.90 bits per heavy atom.